The Kier molecular flexibility index (Phi) is 28.1. The largest absolute Gasteiger partial charge is 0.353 e. The van der Waals surface area contributed by atoms with Crippen LogP contribution in [0.2, 0.25) is 0 Å². The number of thioether (sulfide) groups is 4. The molecule has 0 spiro atoms. The van der Waals surface area contributed by atoms with Gasteiger partial charge < -0.3 is 30.2 Å². The summed E-state index contributed by atoms with van der Waals surface area (Å²) in [5.41, 5.74) is 0. The van der Waals surface area contributed by atoms with Gasteiger partial charge in [0.2, 0.25) is 11.8 Å². The molecule has 12 unspecified atom stereocenters. The summed E-state index contributed by atoms with van der Waals surface area (Å²) in [6.45, 7) is 14.1. The van der Waals surface area contributed by atoms with Crippen LogP contribution in [-0.2, 0) is 9.59 Å². The fourth-order valence-electron chi connectivity index (χ4n) is 11.7. The minimum atomic E-state index is 0.142. The van der Waals surface area contributed by atoms with E-state index in [0.29, 0.717) is 81.1 Å². The third-order valence-corrected chi connectivity index (χ3v) is 21.0. The highest BCUT2D eigenvalue weighted by molar-refractivity contribution is 8.00. The van der Waals surface area contributed by atoms with Crippen LogP contribution >= 0.6 is 47.0 Å². The number of nitrogens with one attached hydrogen (secondary N) is 2. The molecule has 0 radical (unpaired) electrons. The summed E-state index contributed by atoms with van der Waals surface area (Å²) in [6.07, 6.45) is 20.1. The van der Waals surface area contributed by atoms with Crippen molar-refractivity contribution in [2.45, 2.75) is 165 Å². The van der Waals surface area contributed by atoms with Crippen molar-refractivity contribution in [3.63, 3.8) is 0 Å². The van der Waals surface area contributed by atoms with Gasteiger partial charge in [-0.3, -0.25) is 9.59 Å². The number of nitrogens with zero attached hydrogens (tertiary/aromatic N) is 4. The van der Waals surface area contributed by atoms with Crippen molar-refractivity contribution in [3.05, 3.63) is 0 Å². The number of hydrogen-bond donors (Lipinski definition) is 2. The summed E-state index contributed by atoms with van der Waals surface area (Å²) >= 11 is 8.56. The van der Waals surface area contributed by atoms with E-state index in [1.165, 1.54) is 75.0 Å². The first-order chi connectivity index (χ1) is 31.4. The van der Waals surface area contributed by atoms with E-state index >= 15 is 0 Å². The lowest BCUT2D eigenvalue weighted by Crippen LogP contribution is -2.45. The van der Waals surface area contributed by atoms with Crippen LogP contribution in [0, 0.1) is 53.3 Å². The lowest BCUT2D eigenvalue weighted by atomic mass is 9.74. The molecular weight excluding hydrogens is 893 g/mol. The second-order valence-electron chi connectivity index (χ2n) is 23.7. The fourth-order valence-corrected chi connectivity index (χ4v) is 17.9. The molecule has 0 aromatic heterocycles. The molecule has 0 heterocycles. The summed E-state index contributed by atoms with van der Waals surface area (Å²) in [7, 11) is 17.4. The standard InChI is InChI=1S/C54H104N6O2S4/c1-39(2)47(38-63-23-19-57(5)6)30-43-28-45(36-50(33-43)64-24-20-58(7)8)53(61)55-48-17-13-15-41(31-48)27-42-16-14-18-49(32-42)56-54(62)46-29-44(34-51(37-46)65-25-21-59(9)10)35-52(40(3)4)66-26-22-60(11)12/h39-52H,13-38H2,1-12H3,(H,55,61)(H,56,62). The maximum Gasteiger partial charge on any atom is 0.223 e. The van der Waals surface area contributed by atoms with Crippen LogP contribution < -0.4 is 10.6 Å². The molecule has 2 N–H and O–H groups in total. The molecule has 2 amide bonds. The molecule has 0 aromatic rings. The van der Waals surface area contributed by atoms with E-state index in [1.54, 1.807) is 0 Å². The number of rotatable bonds is 29. The van der Waals surface area contributed by atoms with Gasteiger partial charge in [-0.15, -0.1) is 0 Å². The molecular formula is C54H104N6O2S4. The molecule has 386 valence electrons. The Hall–Kier alpha value is 0.180. The van der Waals surface area contributed by atoms with Crippen LogP contribution in [0.15, 0.2) is 0 Å². The quantitative estimate of drug-likeness (QED) is 0.0708. The molecule has 4 aliphatic carbocycles. The molecule has 12 atom stereocenters. The molecule has 0 bridgehead atoms. The Morgan fingerprint density at radius 3 is 1.42 bits per heavy atom. The van der Waals surface area contributed by atoms with E-state index in [0.717, 1.165) is 89.1 Å². The lowest BCUT2D eigenvalue weighted by Gasteiger charge is -2.39. The highest BCUT2D eigenvalue weighted by Gasteiger charge is 2.38. The van der Waals surface area contributed by atoms with E-state index < -0.39 is 0 Å². The van der Waals surface area contributed by atoms with E-state index in [4.69, 9.17) is 0 Å². The zero-order chi connectivity index (χ0) is 48.2. The van der Waals surface area contributed by atoms with Gasteiger partial charge in [0.05, 0.1) is 0 Å². The van der Waals surface area contributed by atoms with Gasteiger partial charge in [0.1, 0.15) is 0 Å². The van der Waals surface area contributed by atoms with Crippen molar-refractivity contribution in [1.82, 2.24) is 30.2 Å². The first-order valence-corrected chi connectivity index (χ1v) is 31.4. The first-order valence-electron chi connectivity index (χ1n) is 27.1. The van der Waals surface area contributed by atoms with E-state index in [1.807, 2.05) is 0 Å². The van der Waals surface area contributed by atoms with Gasteiger partial charge >= 0.3 is 0 Å². The van der Waals surface area contributed by atoms with E-state index in [-0.39, 0.29) is 11.8 Å². The summed E-state index contributed by atoms with van der Waals surface area (Å²) in [5, 5.41) is 9.21. The van der Waals surface area contributed by atoms with Crippen LogP contribution in [0.1, 0.15) is 137 Å². The molecule has 0 saturated heterocycles. The van der Waals surface area contributed by atoms with Gasteiger partial charge in [-0.1, -0.05) is 53.4 Å². The summed E-state index contributed by atoms with van der Waals surface area (Å²) < 4.78 is 0. The van der Waals surface area contributed by atoms with Crippen LogP contribution in [0.5, 0.6) is 0 Å². The normalized spacial score (nSPS) is 29.8. The van der Waals surface area contributed by atoms with Crippen LogP contribution in [-0.4, -0.2) is 171 Å². The van der Waals surface area contributed by atoms with Crippen LogP contribution in [0.25, 0.3) is 0 Å². The maximum atomic E-state index is 14.3. The second kappa shape index (κ2) is 31.6. The highest BCUT2D eigenvalue weighted by atomic mass is 32.2. The third-order valence-electron chi connectivity index (χ3n) is 15.7. The smallest absolute Gasteiger partial charge is 0.223 e. The van der Waals surface area contributed by atoms with Gasteiger partial charge in [-0.05, 0) is 187 Å². The number of carbonyl (C=O) groups excluding carboxylic acids is 2. The Morgan fingerprint density at radius 1 is 0.515 bits per heavy atom. The Labute approximate surface area is 425 Å². The first kappa shape index (κ1) is 58.7. The molecule has 0 aliphatic heterocycles. The minimum absolute atomic E-state index is 0.142. The van der Waals surface area contributed by atoms with Crippen molar-refractivity contribution >= 4 is 58.9 Å². The molecule has 66 heavy (non-hydrogen) atoms. The van der Waals surface area contributed by atoms with Crippen LogP contribution in [0.3, 0.4) is 0 Å². The zero-order valence-electron chi connectivity index (χ0n) is 44.7. The van der Waals surface area contributed by atoms with Crippen molar-refractivity contribution in [2.24, 2.45) is 53.3 Å². The summed E-state index contributed by atoms with van der Waals surface area (Å²) in [6, 6.07) is 0.631. The van der Waals surface area contributed by atoms with E-state index in [2.05, 4.69) is 161 Å². The molecule has 12 heteroatoms. The molecule has 0 aromatic carbocycles. The van der Waals surface area contributed by atoms with Gasteiger partial charge in [-0.25, -0.2) is 0 Å². The van der Waals surface area contributed by atoms with Crippen molar-refractivity contribution in [3.8, 4) is 0 Å². The predicted octanol–water partition coefficient (Wildman–Crippen LogP) is 10.6. The second-order valence-corrected chi connectivity index (χ2v) is 29.0. The monoisotopic (exact) mass is 997 g/mol. The topological polar surface area (TPSA) is 71.2 Å². The van der Waals surface area contributed by atoms with Gasteiger partial charge in [-0.2, -0.15) is 47.0 Å². The molecule has 4 saturated carbocycles. The Balaban J connectivity index is 1.30. The van der Waals surface area contributed by atoms with Gasteiger partial charge in [0.25, 0.3) is 0 Å². The van der Waals surface area contributed by atoms with Crippen molar-refractivity contribution < 1.29 is 9.59 Å². The summed E-state index contributed by atoms with van der Waals surface area (Å²) in [4.78, 5) is 37.7. The van der Waals surface area contributed by atoms with E-state index in [9.17, 15) is 9.59 Å². The molecule has 4 rings (SSSR count). The minimum Gasteiger partial charge on any atom is -0.353 e. The molecule has 8 nitrogen and oxygen atoms in total. The van der Waals surface area contributed by atoms with Crippen molar-refractivity contribution in [2.75, 3.05) is 111 Å². The average Bonchev–Trinajstić information content (AvgIpc) is 3.24. The van der Waals surface area contributed by atoms with Gasteiger partial charge in [0, 0.05) is 88.9 Å². The van der Waals surface area contributed by atoms with Crippen LogP contribution in [0.4, 0.5) is 0 Å². The summed E-state index contributed by atoms with van der Waals surface area (Å²) in [5.74, 6) is 11.6. The van der Waals surface area contributed by atoms with Gasteiger partial charge in [0.15, 0.2) is 0 Å². The fraction of sp³-hybridized carbons (Fsp3) is 0.963. The Bertz CT molecular complexity index is 1340. The maximum absolute atomic E-state index is 14.3. The SMILES string of the molecule is CC(C)C(CSCCN(C)C)CC1CC(SCCN(C)C)CC(C(=O)NC2CCCC(CC3CCCC(NC(=O)C4CC(CC(SCCN(C)C)C(C)C)CC(SCCN(C)C)C4)C3)C2)C1. The number of carbonyl (C=O) groups is 2. The van der Waals surface area contributed by atoms with Crippen molar-refractivity contribution in [1.29, 1.82) is 0 Å². The Morgan fingerprint density at radius 2 is 0.970 bits per heavy atom. The number of amides is 2. The average molecular weight is 998 g/mol. The molecule has 4 fully saturated rings. The zero-order valence-corrected chi connectivity index (χ0v) is 48.0. The number of hydrogen-bond acceptors (Lipinski definition) is 10. The highest BCUT2D eigenvalue weighted by Crippen LogP contribution is 2.43. The third kappa shape index (κ3) is 23.2. The lowest BCUT2D eigenvalue weighted by molar-refractivity contribution is -0.128. The molecule has 4 aliphatic rings. The predicted molar refractivity (Wildman–Crippen MR) is 297 cm³/mol.